The minimum atomic E-state index is 0.0357. The minimum absolute atomic E-state index is 0.0357. The Balaban J connectivity index is 1.42. The molecule has 0 radical (unpaired) electrons. The first kappa shape index (κ1) is 17.2. The number of piperidine rings is 1. The fraction of sp³-hybridized carbons (Fsp3) is 0.667. The van der Waals surface area contributed by atoms with Crippen molar-refractivity contribution in [3.63, 3.8) is 0 Å². The fourth-order valence-electron chi connectivity index (χ4n) is 4.07. The standard InChI is InChI=1S/C18H27N7O/c1-13(2)23-10-6-16-21-22-17(25(16)12-11-23)14-4-8-24(9-5-14)18(26)15-3-7-19-20-15/h3,7,13-14H,4-6,8-12H2,1-2H3,(H,19,20). The van der Waals surface area contributed by atoms with Gasteiger partial charge in [0.05, 0.1) is 0 Å². The van der Waals surface area contributed by atoms with Crippen LogP contribution in [-0.4, -0.2) is 72.9 Å². The van der Waals surface area contributed by atoms with Crippen molar-refractivity contribution in [3.05, 3.63) is 29.6 Å². The van der Waals surface area contributed by atoms with E-state index in [1.165, 1.54) is 0 Å². The van der Waals surface area contributed by atoms with Crippen LogP contribution in [0.4, 0.5) is 0 Å². The van der Waals surface area contributed by atoms with Gasteiger partial charge in [-0.2, -0.15) is 5.10 Å². The third kappa shape index (κ3) is 3.25. The van der Waals surface area contributed by atoms with Gasteiger partial charge in [0.2, 0.25) is 0 Å². The number of rotatable bonds is 3. The molecular weight excluding hydrogens is 330 g/mol. The number of nitrogens with zero attached hydrogens (tertiary/aromatic N) is 6. The average Bonchev–Trinajstić information content (AvgIpc) is 3.27. The highest BCUT2D eigenvalue weighted by Gasteiger charge is 2.30. The highest BCUT2D eigenvalue weighted by Crippen LogP contribution is 2.28. The summed E-state index contributed by atoms with van der Waals surface area (Å²) in [5.41, 5.74) is 0.563. The molecule has 0 unspecified atom stereocenters. The maximum atomic E-state index is 12.4. The van der Waals surface area contributed by atoms with E-state index in [-0.39, 0.29) is 5.91 Å². The van der Waals surface area contributed by atoms with Crippen LogP contribution in [0.5, 0.6) is 0 Å². The summed E-state index contributed by atoms with van der Waals surface area (Å²) in [5.74, 6) is 2.64. The maximum absolute atomic E-state index is 12.4. The molecule has 1 fully saturated rings. The van der Waals surface area contributed by atoms with E-state index in [9.17, 15) is 4.79 Å². The van der Waals surface area contributed by atoms with Crippen LogP contribution in [0, 0.1) is 0 Å². The number of amides is 1. The van der Waals surface area contributed by atoms with Gasteiger partial charge in [-0.25, -0.2) is 0 Å². The molecule has 0 spiro atoms. The number of aromatic amines is 1. The summed E-state index contributed by atoms with van der Waals surface area (Å²) >= 11 is 0. The number of hydrogen-bond acceptors (Lipinski definition) is 5. The summed E-state index contributed by atoms with van der Waals surface area (Å²) in [4.78, 5) is 16.9. The summed E-state index contributed by atoms with van der Waals surface area (Å²) in [5, 5.41) is 15.6. The lowest BCUT2D eigenvalue weighted by molar-refractivity contribution is 0.0704. The van der Waals surface area contributed by atoms with Crippen LogP contribution in [0.1, 0.15) is 54.7 Å². The van der Waals surface area contributed by atoms with Gasteiger partial charge in [0.1, 0.15) is 17.3 Å². The monoisotopic (exact) mass is 357 g/mol. The second-order valence-corrected chi connectivity index (χ2v) is 7.54. The van der Waals surface area contributed by atoms with Crippen molar-refractivity contribution in [2.45, 2.75) is 51.6 Å². The maximum Gasteiger partial charge on any atom is 0.271 e. The summed E-state index contributed by atoms with van der Waals surface area (Å²) in [6.07, 6.45) is 4.45. The molecule has 2 aromatic rings. The van der Waals surface area contributed by atoms with Crippen LogP contribution >= 0.6 is 0 Å². The molecule has 2 aliphatic rings. The summed E-state index contributed by atoms with van der Waals surface area (Å²) in [6.45, 7) is 9.06. The van der Waals surface area contributed by atoms with Gasteiger partial charge in [0.15, 0.2) is 0 Å². The van der Waals surface area contributed by atoms with E-state index in [0.717, 1.165) is 63.6 Å². The number of likely N-dealkylation sites (tertiary alicyclic amines) is 1. The van der Waals surface area contributed by atoms with E-state index in [1.54, 1.807) is 12.3 Å². The summed E-state index contributed by atoms with van der Waals surface area (Å²) in [6, 6.07) is 2.29. The van der Waals surface area contributed by atoms with Crippen LogP contribution < -0.4 is 0 Å². The molecule has 0 atom stereocenters. The normalized spacial score (nSPS) is 19.6. The Morgan fingerprint density at radius 3 is 2.65 bits per heavy atom. The van der Waals surface area contributed by atoms with Crippen molar-refractivity contribution in [1.29, 1.82) is 0 Å². The van der Waals surface area contributed by atoms with Crippen LogP contribution in [0.15, 0.2) is 12.3 Å². The summed E-state index contributed by atoms with van der Waals surface area (Å²) < 4.78 is 2.33. The predicted molar refractivity (Wildman–Crippen MR) is 96.9 cm³/mol. The third-order valence-electron chi connectivity index (χ3n) is 5.70. The molecule has 2 aromatic heterocycles. The molecule has 0 aromatic carbocycles. The molecule has 1 amide bonds. The van der Waals surface area contributed by atoms with Gasteiger partial charge in [-0.15, -0.1) is 10.2 Å². The quantitative estimate of drug-likeness (QED) is 0.895. The van der Waals surface area contributed by atoms with Gasteiger partial charge in [0, 0.05) is 57.3 Å². The van der Waals surface area contributed by atoms with E-state index < -0.39 is 0 Å². The largest absolute Gasteiger partial charge is 0.337 e. The Morgan fingerprint density at radius 1 is 1.15 bits per heavy atom. The third-order valence-corrected chi connectivity index (χ3v) is 5.70. The molecule has 1 saturated heterocycles. The summed E-state index contributed by atoms with van der Waals surface area (Å²) in [7, 11) is 0. The van der Waals surface area contributed by atoms with Crippen LogP contribution in [0.3, 0.4) is 0 Å². The molecule has 8 nitrogen and oxygen atoms in total. The zero-order chi connectivity index (χ0) is 18.1. The van der Waals surface area contributed by atoms with Crippen LogP contribution in [0.25, 0.3) is 0 Å². The van der Waals surface area contributed by atoms with Crippen LogP contribution in [-0.2, 0) is 13.0 Å². The Hall–Kier alpha value is -2.22. The van der Waals surface area contributed by atoms with Gasteiger partial charge < -0.3 is 9.47 Å². The highest BCUT2D eigenvalue weighted by atomic mass is 16.2. The van der Waals surface area contributed by atoms with Crippen molar-refractivity contribution in [2.75, 3.05) is 26.2 Å². The van der Waals surface area contributed by atoms with Gasteiger partial charge in [0.25, 0.3) is 5.91 Å². The Labute approximate surface area is 153 Å². The van der Waals surface area contributed by atoms with E-state index in [4.69, 9.17) is 0 Å². The lowest BCUT2D eigenvalue weighted by Gasteiger charge is -2.31. The molecule has 1 N–H and O–H groups in total. The number of hydrogen-bond donors (Lipinski definition) is 1. The number of aromatic nitrogens is 5. The van der Waals surface area contributed by atoms with E-state index >= 15 is 0 Å². The first-order valence-electron chi connectivity index (χ1n) is 9.58. The molecule has 0 bridgehead atoms. The second-order valence-electron chi connectivity index (χ2n) is 7.54. The molecule has 0 saturated carbocycles. The van der Waals surface area contributed by atoms with Crippen molar-refractivity contribution >= 4 is 5.91 Å². The van der Waals surface area contributed by atoms with E-state index in [1.807, 2.05) is 4.90 Å². The number of nitrogens with one attached hydrogen (secondary N) is 1. The molecular formula is C18H27N7O. The van der Waals surface area contributed by atoms with Crippen molar-refractivity contribution in [1.82, 2.24) is 34.8 Å². The van der Waals surface area contributed by atoms with Crippen molar-refractivity contribution in [3.8, 4) is 0 Å². The number of carbonyl (C=O) groups excluding carboxylic acids is 1. The SMILES string of the molecule is CC(C)N1CCc2nnc(C3CCN(C(=O)c4ccn[nH]4)CC3)n2CC1. The first-order chi connectivity index (χ1) is 12.6. The predicted octanol–water partition coefficient (Wildman–Crippen LogP) is 1.29. The Kier molecular flexibility index (Phi) is 4.76. The average molecular weight is 357 g/mol. The smallest absolute Gasteiger partial charge is 0.271 e. The van der Waals surface area contributed by atoms with Crippen molar-refractivity contribution in [2.24, 2.45) is 0 Å². The van der Waals surface area contributed by atoms with Crippen LogP contribution in [0.2, 0.25) is 0 Å². The number of H-pyrrole nitrogens is 1. The van der Waals surface area contributed by atoms with E-state index in [2.05, 4.69) is 43.7 Å². The zero-order valence-corrected chi connectivity index (χ0v) is 15.6. The first-order valence-corrected chi connectivity index (χ1v) is 9.58. The van der Waals surface area contributed by atoms with Crippen molar-refractivity contribution < 1.29 is 4.79 Å². The second kappa shape index (κ2) is 7.19. The zero-order valence-electron chi connectivity index (χ0n) is 15.6. The topological polar surface area (TPSA) is 82.9 Å². The van der Waals surface area contributed by atoms with Gasteiger partial charge in [-0.3, -0.25) is 14.8 Å². The number of carbonyl (C=O) groups is 1. The molecule has 26 heavy (non-hydrogen) atoms. The minimum Gasteiger partial charge on any atom is -0.337 e. The molecule has 0 aliphatic carbocycles. The van der Waals surface area contributed by atoms with Gasteiger partial charge >= 0.3 is 0 Å². The molecule has 2 aliphatic heterocycles. The lowest BCUT2D eigenvalue weighted by Crippen LogP contribution is -2.38. The molecule has 8 heteroatoms. The highest BCUT2D eigenvalue weighted by molar-refractivity contribution is 5.92. The lowest BCUT2D eigenvalue weighted by atomic mass is 9.95. The van der Waals surface area contributed by atoms with E-state index in [0.29, 0.717) is 17.7 Å². The Morgan fingerprint density at radius 2 is 1.96 bits per heavy atom. The number of fused-ring (bicyclic) bond motifs is 1. The molecule has 4 heterocycles. The van der Waals surface area contributed by atoms with Gasteiger partial charge in [-0.05, 0) is 32.8 Å². The Bertz CT molecular complexity index is 744. The van der Waals surface area contributed by atoms with Gasteiger partial charge in [-0.1, -0.05) is 0 Å². The molecule has 4 rings (SSSR count). The fourth-order valence-corrected chi connectivity index (χ4v) is 4.07. The molecule has 140 valence electrons.